The van der Waals surface area contributed by atoms with Crippen molar-refractivity contribution in [1.29, 1.82) is 0 Å². The SMILES string of the molecule is Cn1cc(C(C)(O)CNCc2ccncc2)cn1. The molecular formula is C13H18N4O. The summed E-state index contributed by atoms with van der Waals surface area (Å²) in [6.07, 6.45) is 7.04. The Morgan fingerprint density at radius 1 is 1.39 bits per heavy atom. The van der Waals surface area contributed by atoms with Crippen LogP contribution >= 0.6 is 0 Å². The van der Waals surface area contributed by atoms with E-state index >= 15 is 0 Å². The molecule has 2 N–H and O–H groups in total. The maximum atomic E-state index is 10.3. The summed E-state index contributed by atoms with van der Waals surface area (Å²) in [5.74, 6) is 0. The molecular weight excluding hydrogens is 228 g/mol. The van der Waals surface area contributed by atoms with Crippen LogP contribution in [0.2, 0.25) is 0 Å². The zero-order chi connectivity index (χ0) is 13.0. The van der Waals surface area contributed by atoms with Gasteiger partial charge in [0.1, 0.15) is 5.60 Å². The molecule has 2 aromatic rings. The highest BCUT2D eigenvalue weighted by atomic mass is 16.3. The predicted molar refractivity (Wildman–Crippen MR) is 68.7 cm³/mol. The number of hydrogen-bond donors (Lipinski definition) is 2. The third kappa shape index (κ3) is 3.15. The first-order valence-corrected chi connectivity index (χ1v) is 5.89. The summed E-state index contributed by atoms with van der Waals surface area (Å²) in [7, 11) is 1.84. The van der Waals surface area contributed by atoms with E-state index in [0.29, 0.717) is 13.1 Å². The van der Waals surface area contributed by atoms with Gasteiger partial charge >= 0.3 is 0 Å². The number of aromatic nitrogens is 3. The van der Waals surface area contributed by atoms with E-state index in [1.165, 1.54) is 0 Å². The minimum Gasteiger partial charge on any atom is -0.384 e. The number of nitrogens with zero attached hydrogens (tertiary/aromatic N) is 3. The maximum absolute atomic E-state index is 10.3. The van der Waals surface area contributed by atoms with Crippen LogP contribution in [0.4, 0.5) is 0 Å². The lowest BCUT2D eigenvalue weighted by Gasteiger charge is -2.22. The highest BCUT2D eigenvalue weighted by Crippen LogP contribution is 2.18. The van der Waals surface area contributed by atoms with Crippen LogP contribution in [-0.2, 0) is 19.2 Å². The maximum Gasteiger partial charge on any atom is 0.102 e. The first kappa shape index (κ1) is 12.7. The Hall–Kier alpha value is -1.72. The fourth-order valence-electron chi connectivity index (χ4n) is 1.75. The van der Waals surface area contributed by atoms with Crippen molar-refractivity contribution >= 4 is 0 Å². The van der Waals surface area contributed by atoms with Crippen molar-refractivity contribution in [1.82, 2.24) is 20.1 Å². The molecule has 0 bridgehead atoms. The molecule has 0 aromatic carbocycles. The van der Waals surface area contributed by atoms with Gasteiger partial charge in [-0.25, -0.2) is 0 Å². The number of hydrogen-bond acceptors (Lipinski definition) is 4. The summed E-state index contributed by atoms with van der Waals surface area (Å²) < 4.78 is 1.69. The van der Waals surface area contributed by atoms with Gasteiger partial charge in [0.05, 0.1) is 6.20 Å². The summed E-state index contributed by atoms with van der Waals surface area (Å²) in [5.41, 5.74) is 1.04. The molecule has 2 heterocycles. The summed E-state index contributed by atoms with van der Waals surface area (Å²) in [6, 6.07) is 3.90. The molecule has 18 heavy (non-hydrogen) atoms. The van der Waals surface area contributed by atoms with Crippen molar-refractivity contribution < 1.29 is 5.11 Å². The second-order valence-corrected chi connectivity index (χ2v) is 4.64. The fourth-order valence-corrected chi connectivity index (χ4v) is 1.75. The standard InChI is InChI=1S/C13H18N4O/c1-13(18,12-8-16-17(2)9-12)10-15-7-11-3-5-14-6-4-11/h3-6,8-9,15,18H,7,10H2,1-2H3. The Bertz CT molecular complexity index is 493. The minimum atomic E-state index is -0.915. The largest absolute Gasteiger partial charge is 0.384 e. The van der Waals surface area contributed by atoms with Gasteiger partial charge in [-0.15, -0.1) is 0 Å². The van der Waals surface area contributed by atoms with Crippen molar-refractivity contribution in [2.24, 2.45) is 7.05 Å². The fraction of sp³-hybridized carbons (Fsp3) is 0.385. The molecule has 2 aromatic heterocycles. The van der Waals surface area contributed by atoms with Gasteiger partial charge in [0.15, 0.2) is 0 Å². The van der Waals surface area contributed by atoms with Crippen LogP contribution in [-0.4, -0.2) is 26.4 Å². The van der Waals surface area contributed by atoms with Gasteiger partial charge in [-0.05, 0) is 24.6 Å². The van der Waals surface area contributed by atoms with E-state index in [9.17, 15) is 5.11 Å². The van der Waals surface area contributed by atoms with Crippen molar-refractivity contribution in [3.05, 3.63) is 48.0 Å². The highest BCUT2D eigenvalue weighted by molar-refractivity contribution is 5.15. The lowest BCUT2D eigenvalue weighted by molar-refractivity contribution is 0.0566. The number of aliphatic hydroxyl groups is 1. The molecule has 5 nitrogen and oxygen atoms in total. The average molecular weight is 246 g/mol. The van der Waals surface area contributed by atoms with Gasteiger partial charge in [0.2, 0.25) is 0 Å². The van der Waals surface area contributed by atoms with Crippen LogP contribution in [0.25, 0.3) is 0 Å². The molecule has 0 radical (unpaired) electrons. The lowest BCUT2D eigenvalue weighted by Crippen LogP contribution is -2.34. The third-order valence-corrected chi connectivity index (χ3v) is 2.87. The average Bonchev–Trinajstić information content (AvgIpc) is 2.78. The van der Waals surface area contributed by atoms with E-state index in [1.54, 1.807) is 30.2 Å². The van der Waals surface area contributed by atoms with E-state index in [0.717, 1.165) is 11.1 Å². The van der Waals surface area contributed by atoms with E-state index < -0.39 is 5.60 Å². The van der Waals surface area contributed by atoms with Crippen LogP contribution in [0.15, 0.2) is 36.9 Å². The molecule has 0 aliphatic carbocycles. The summed E-state index contributed by atoms with van der Waals surface area (Å²) >= 11 is 0. The Morgan fingerprint density at radius 3 is 2.72 bits per heavy atom. The third-order valence-electron chi connectivity index (χ3n) is 2.87. The Morgan fingerprint density at radius 2 is 2.11 bits per heavy atom. The zero-order valence-corrected chi connectivity index (χ0v) is 10.7. The Kier molecular flexibility index (Phi) is 3.74. The van der Waals surface area contributed by atoms with Crippen LogP contribution in [0.5, 0.6) is 0 Å². The van der Waals surface area contributed by atoms with Gasteiger partial charge in [0.25, 0.3) is 0 Å². The van der Waals surface area contributed by atoms with Gasteiger partial charge < -0.3 is 10.4 Å². The predicted octanol–water partition coefficient (Wildman–Crippen LogP) is 0.812. The normalized spacial score (nSPS) is 14.4. The second-order valence-electron chi connectivity index (χ2n) is 4.64. The summed E-state index contributed by atoms with van der Waals surface area (Å²) in [4.78, 5) is 3.96. The molecule has 0 aliphatic rings. The Balaban J connectivity index is 1.89. The monoisotopic (exact) mass is 246 g/mol. The zero-order valence-electron chi connectivity index (χ0n) is 10.7. The molecule has 2 rings (SSSR count). The molecule has 1 unspecified atom stereocenters. The molecule has 1 atom stereocenters. The Labute approximate surface area is 106 Å². The van der Waals surface area contributed by atoms with Crippen LogP contribution in [0.1, 0.15) is 18.1 Å². The first-order chi connectivity index (χ1) is 8.58. The molecule has 96 valence electrons. The number of aryl methyl sites for hydroxylation is 1. The van der Waals surface area contributed by atoms with Gasteiger partial charge in [-0.2, -0.15) is 5.10 Å². The number of pyridine rings is 1. The quantitative estimate of drug-likeness (QED) is 0.819. The minimum absolute atomic E-state index is 0.473. The summed E-state index contributed by atoms with van der Waals surface area (Å²) in [5, 5.41) is 17.7. The highest BCUT2D eigenvalue weighted by Gasteiger charge is 2.23. The lowest BCUT2D eigenvalue weighted by atomic mass is 10.00. The van der Waals surface area contributed by atoms with Crippen LogP contribution < -0.4 is 5.32 Å². The second kappa shape index (κ2) is 5.29. The molecule has 0 saturated heterocycles. The topological polar surface area (TPSA) is 63.0 Å². The van der Waals surface area contributed by atoms with Gasteiger partial charge in [-0.1, -0.05) is 0 Å². The smallest absolute Gasteiger partial charge is 0.102 e. The van der Waals surface area contributed by atoms with E-state index in [4.69, 9.17) is 0 Å². The molecule has 0 amide bonds. The van der Waals surface area contributed by atoms with Crippen molar-refractivity contribution in [3.63, 3.8) is 0 Å². The molecule has 0 fully saturated rings. The van der Waals surface area contributed by atoms with Gasteiger partial charge in [-0.3, -0.25) is 9.67 Å². The molecule has 0 saturated carbocycles. The first-order valence-electron chi connectivity index (χ1n) is 5.89. The van der Waals surface area contributed by atoms with E-state index in [1.807, 2.05) is 25.4 Å². The van der Waals surface area contributed by atoms with Gasteiger partial charge in [0, 0.05) is 44.3 Å². The van der Waals surface area contributed by atoms with Crippen molar-refractivity contribution in [2.45, 2.75) is 19.1 Å². The van der Waals surface area contributed by atoms with Crippen molar-refractivity contribution in [2.75, 3.05) is 6.54 Å². The van der Waals surface area contributed by atoms with Crippen LogP contribution in [0, 0.1) is 0 Å². The van der Waals surface area contributed by atoms with E-state index in [2.05, 4.69) is 15.4 Å². The van der Waals surface area contributed by atoms with E-state index in [-0.39, 0.29) is 0 Å². The van der Waals surface area contributed by atoms with Crippen LogP contribution in [0.3, 0.4) is 0 Å². The summed E-state index contributed by atoms with van der Waals surface area (Å²) in [6.45, 7) is 2.96. The molecule has 0 spiro atoms. The van der Waals surface area contributed by atoms with Crippen molar-refractivity contribution in [3.8, 4) is 0 Å². The number of nitrogens with one attached hydrogen (secondary N) is 1. The molecule has 5 heteroatoms. The molecule has 0 aliphatic heterocycles. The number of rotatable bonds is 5.